The van der Waals surface area contributed by atoms with Gasteiger partial charge in [-0.2, -0.15) is 0 Å². The normalized spacial score (nSPS) is 20.8. The summed E-state index contributed by atoms with van der Waals surface area (Å²) in [5.74, 6) is -0.0202. The van der Waals surface area contributed by atoms with E-state index in [0.29, 0.717) is 12.6 Å². The van der Waals surface area contributed by atoms with Crippen molar-refractivity contribution in [2.45, 2.75) is 45.7 Å². The molecule has 1 heterocycles. The molecule has 2 amide bonds. The molecule has 1 unspecified atom stereocenters. The molecule has 0 aromatic rings. The summed E-state index contributed by atoms with van der Waals surface area (Å²) < 4.78 is 0. The summed E-state index contributed by atoms with van der Waals surface area (Å²) in [5, 5.41) is 2.64. The fourth-order valence-corrected chi connectivity index (χ4v) is 1.99. The lowest BCUT2D eigenvalue weighted by molar-refractivity contribution is -0.143. The molecule has 0 bridgehead atoms. The average Bonchev–Trinajstić information content (AvgIpc) is 2.29. The second-order valence-electron chi connectivity index (χ2n) is 5.33. The zero-order chi connectivity index (χ0) is 13.7. The van der Waals surface area contributed by atoms with Crippen LogP contribution in [-0.2, 0) is 9.59 Å². The van der Waals surface area contributed by atoms with Crippen LogP contribution in [0.1, 0.15) is 33.6 Å². The lowest BCUT2D eigenvalue weighted by atomic mass is 10.2. The molecule has 1 atom stereocenters. The van der Waals surface area contributed by atoms with Gasteiger partial charge in [0.1, 0.15) is 6.04 Å². The van der Waals surface area contributed by atoms with Crippen LogP contribution in [0, 0.1) is 0 Å². The quantitative estimate of drug-likeness (QED) is 0.701. The minimum Gasteiger partial charge on any atom is -0.343 e. The van der Waals surface area contributed by atoms with Crippen LogP contribution in [0.2, 0.25) is 0 Å². The van der Waals surface area contributed by atoms with Crippen LogP contribution in [0.4, 0.5) is 0 Å². The van der Waals surface area contributed by atoms with Gasteiger partial charge in [0.2, 0.25) is 11.8 Å². The van der Waals surface area contributed by atoms with Gasteiger partial charge in [0.25, 0.3) is 0 Å². The van der Waals surface area contributed by atoms with Crippen LogP contribution in [0.15, 0.2) is 0 Å². The van der Waals surface area contributed by atoms with Gasteiger partial charge in [-0.1, -0.05) is 0 Å². The summed E-state index contributed by atoms with van der Waals surface area (Å²) in [6.07, 6.45) is 2.00. The fraction of sp³-hybridized carbons (Fsp3) is 0.846. The van der Waals surface area contributed by atoms with E-state index in [2.05, 4.69) is 31.1 Å². The van der Waals surface area contributed by atoms with E-state index in [-0.39, 0.29) is 24.4 Å². The number of carbonyl (C=O) groups excluding carboxylic acids is 2. The molecule has 1 saturated heterocycles. The highest BCUT2D eigenvalue weighted by Gasteiger charge is 2.28. The predicted molar refractivity (Wildman–Crippen MR) is 71.2 cm³/mol. The second-order valence-corrected chi connectivity index (χ2v) is 5.33. The molecule has 18 heavy (non-hydrogen) atoms. The minimum absolute atomic E-state index is 0.0341. The largest absolute Gasteiger partial charge is 0.343 e. The maximum Gasteiger partial charge on any atom is 0.245 e. The van der Waals surface area contributed by atoms with Gasteiger partial charge < -0.3 is 15.1 Å². The Balaban J connectivity index is 2.26. The Hall–Kier alpha value is -1.10. The molecule has 1 fully saturated rings. The van der Waals surface area contributed by atoms with E-state index in [1.807, 2.05) is 0 Å². The molecule has 5 heteroatoms. The number of piperazine rings is 1. The van der Waals surface area contributed by atoms with Gasteiger partial charge in [-0.15, -0.1) is 0 Å². The van der Waals surface area contributed by atoms with E-state index in [4.69, 9.17) is 0 Å². The standard InChI is InChI=1S/C13H25N3O2/c1-10(2)15(4)7-5-6-8-16-9-12(17)14-11(3)13(16)18/h10-11H,5-9H2,1-4H3,(H,14,17). The molecule has 0 aliphatic carbocycles. The smallest absolute Gasteiger partial charge is 0.245 e. The van der Waals surface area contributed by atoms with Crippen LogP contribution in [0.5, 0.6) is 0 Å². The van der Waals surface area contributed by atoms with E-state index < -0.39 is 0 Å². The van der Waals surface area contributed by atoms with Crippen LogP contribution in [0.25, 0.3) is 0 Å². The third-order valence-electron chi connectivity index (χ3n) is 3.46. The molecule has 0 aromatic carbocycles. The Morgan fingerprint density at radius 1 is 1.39 bits per heavy atom. The van der Waals surface area contributed by atoms with Crippen molar-refractivity contribution in [3.05, 3.63) is 0 Å². The average molecular weight is 255 g/mol. The van der Waals surface area contributed by atoms with Crippen molar-refractivity contribution in [1.29, 1.82) is 0 Å². The number of nitrogens with zero attached hydrogens (tertiary/aromatic N) is 2. The highest BCUT2D eigenvalue weighted by molar-refractivity contribution is 5.94. The molecule has 0 spiro atoms. The Labute approximate surface area is 110 Å². The van der Waals surface area contributed by atoms with Crippen LogP contribution >= 0.6 is 0 Å². The van der Waals surface area contributed by atoms with Crippen molar-refractivity contribution >= 4 is 11.8 Å². The van der Waals surface area contributed by atoms with Gasteiger partial charge in [0.05, 0.1) is 6.54 Å². The van der Waals surface area contributed by atoms with Crippen molar-refractivity contribution in [1.82, 2.24) is 15.1 Å². The van der Waals surface area contributed by atoms with Gasteiger partial charge in [-0.25, -0.2) is 0 Å². The Morgan fingerprint density at radius 3 is 2.67 bits per heavy atom. The predicted octanol–water partition coefficient (Wildman–Crippen LogP) is 0.454. The van der Waals surface area contributed by atoms with Crippen LogP contribution in [0.3, 0.4) is 0 Å². The third kappa shape index (κ3) is 4.29. The highest BCUT2D eigenvalue weighted by atomic mass is 16.2. The lowest BCUT2D eigenvalue weighted by Crippen LogP contribution is -2.56. The molecular weight excluding hydrogens is 230 g/mol. The number of amides is 2. The van der Waals surface area contributed by atoms with E-state index in [1.54, 1.807) is 11.8 Å². The topological polar surface area (TPSA) is 52.7 Å². The molecule has 1 aliphatic heterocycles. The Bertz CT molecular complexity index is 305. The molecule has 0 radical (unpaired) electrons. The van der Waals surface area contributed by atoms with E-state index in [9.17, 15) is 9.59 Å². The monoisotopic (exact) mass is 255 g/mol. The first-order chi connectivity index (χ1) is 8.41. The van der Waals surface area contributed by atoms with Gasteiger partial charge in [0, 0.05) is 12.6 Å². The SMILES string of the molecule is CC1NC(=O)CN(CCCCN(C)C(C)C)C1=O. The highest BCUT2D eigenvalue weighted by Crippen LogP contribution is 2.05. The first kappa shape index (κ1) is 15.0. The van der Waals surface area contributed by atoms with Crippen molar-refractivity contribution < 1.29 is 9.59 Å². The maximum atomic E-state index is 11.8. The summed E-state index contributed by atoms with van der Waals surface area (Å²) in [6, 6.07) is 0.178. The van der Waals surface area contributed by atoms with Gasteiger partial charge in [-0.3, -0.25) is 9.59 Å². The first-order valence-electron chi connectivity index (χ1n) is 6.70. The Kier molecular flexibility index (Phi) is 5.59. The Morgan fingerprint density at radius 2 is 2.06 bits per heavy atom. The number of hydrogen-bond acceptors (Lipinski definition) is 3. The van der Waals surface area contributed by atoms with Crippen molar-refractivity contribution in [3.63, 3.8) is 0 Å². The number of nitrogens with one attached hydrogen (secondary N) is 1. The number of rotatable bonds is 6. The van der Waals surface area contributed by atoms with Crippen LogP contribution in [-0.4, -0.2) is 60.4 Å². The second kappa shape index (κ2) is 6.73. The fourth-order valence-electron chi connectivity index (χ4n) is 1.99. The van der Waals surface area contributed by atoms with Gasteiger partial charge in [-0.05, 0) is 47.2 Å². The van der Waals surface area contributed by atoms with Crippen LogP contribution < -0.4 is 5.32 Å². The molecule has 1 N–H and O–H groups in total. The molecule has 1 rings (SSSR count). The summed E-state index contributed by atoms with van der Waals surface area (Å²) in [6.45, 7) is 7.99. The zero-order valence-electron chi connectivity index (χ0n) is 11.9. The minimum atomic E-state index is -0.371. The third-order valence-corrected chi connectivity index (χ3v) is 3.46. The molecular formula is C13H25N3O2. The molecule has 0 saturated carbocycles. The van der Waals surface area contributed by atoms with Gasteiger partial charge in [0.15, 0.2) is 0 Å². The van der Waals surface area contributed by atoms with Crippen molar-refractivity contribution in [2.75, 3.05) is 26.7 Å². The summed E-state index contributed by atoms with van der Waals surface area (Å²) >= 11 is 0. The van der Waals surface area contributed by atoms with Crippen molar-refractivity contribution in [2.24, 2.45) is 0 Å². The molecule has 1 aliphatic rings. The van der Waals surface area contributed by atoms with Crippen molar-refractivity contribution in [3.8, 4) is 0 Å². The summed E-state index contributed by atoms with van der Waals surface area (Å²) in [5.41, 5.74) is 0. The van der Waals surface area contributed by atoms with E-state index in [1.165, 1.54) is 0 Å². The summed E-state index contributed by atoms with van der Waals surface area (Å²) in [4.78, 5) is 27.1. The van der Waals surface area contributed by atoms with E-state index in [0.717, 1.165) is 19.4 Å². The molecule has 0 aromatic heterocycles. The lowest BCUT2D eigenvalue weighted by Gasteiger charge is -2.31. The number of carbonyl (C=O) groups is 2. The molecule has 5 nitrogen and oxygen atoms in total. The molecule has 104 valence electrons. The first-order valence-corrected chi connectivity index (χ1v) is 6.70. The van der Waals surface area contributed by atoms with Gasteiger partial charge >= 0.3 is 0 Å². The van der Waals surface area contributed by atoms with E-state index >= 15 is 0 Å². The number of hydrogen-bond donors (Lipinski definition) is 1. The summed E-state index contributed by atoms with van der Waals surface area (Å²) in [7, 11) is 2.10. The zero-order valence-corrected chi connectivity index (χ0v) is 11.9. The number of unbranched alkanes of at least 4 members (excludes halogenated alkanes) is 1. The maximum absolute atomic E-state index is 11.8.